The minimum absolute atomic E-state index is 0.0449. The molecule has 2 N–H and O–H groups in total. The largest absolute Gasteiger partial charge is 0.382 e. The third-order valence-corrected chi connectivity index (χ3v) is 4.84. The molecule has 25 heavy (non-hydrogen) atoms. The third kappa shape index (κ3) is 3.97. The van der Waals surface area contributed by atoms with Crippen molar-refractivity contribution in [1.29, 1.82) is 0 Å². The quantitative estimate of drug-likeness (QED) is 0.915. The fourth-order valence-corrected chi connectivity index (χ4v) is 3.43. The first-order valence-corrected chi connectivity index (χ1v) is 8.89. The van der Waals surface area contributed by atoms with Crippen molar-refractivity contribution in [2.24, 2.45) is 5.92 Å². The fourth-order valence-electron chi connectivity index (χ4n) is 3.43. The molecule has 1 atom stereocenters. The Labute approximate surface area is 147 Å². The van der Waals surface area contributed by atoms with E-state index in [9.17, 15) is 4.79 Å². The second-order valence-corrected chi connectivity index (χ2v) is 6.64. The van der Waals surface area contributed by atoms with E-state index in [-0.39, 0.29) is 5.91 Å². The van der Waals surface area contributed by atoms with Crippen LogP contribution in [0.5, 0.6) is 0 Å². The van der Waals surface area contributed by atoms with Crippen molar-refractivity contribution in [1.82, 2.24) is 20.0 Å². The van der Waals surface area contributed by atoms with Crippen LogP contribution in [0.1, 0.15) is 53.7 Å². The van der Waals surface area contributed by atoms with Crippen LogP contribution in [0.25, 0.3) is 0 Å². The Kier molecular flexibility index (Phi) is 5.31. The number of amides is 1. The number of anilines is 1. The van der Waals surface area contributed by atoms with Gasteiger partial charge in [0.05, 0.1) is 23.8 Å². The molecule has 134 valence electrons. The molecule has 0 unspecified atom stereocenters. The molecule has 0 radical (unpaired) electrons. The van der Waals surface area contributed by atoms with E-state index in [0.29, 0.717) is 29.5 Å². The van der Waals surface area contributed by atoms with Gasteiger partial charge in [0.1, 0.15) is 17.1 Å². The number of aromatic nitrogens is 3. The second-order valence-electron chi connectivity index (χ2n) is 6.64. The Morgan fingerprint density at radius 1 is 1.32 bits per heavy atom. The average Bonchev–Trinajstić information content (AvgIpc) is 2.83. The van der Waals surface area contributed by atoms with Gasteiger partial charge in [0, 0.05) is 13.1 Å². The zero-order valence-corrected chi connectivity index (χ0v) is 14.9. The molecule has 1 aliphatic rings. The van der Waals surface area contributed by atoms with Crippen molar-refractivity contribution in [3.05, 3.63) is 35.1 Å². The Bertz CT molecular complexity index is 726. The van der Waals surface area contributed by atoms with E-state index in [0.717, 1.165) is 50.2 Å². The molecule has 7 heteroatoms. The van der Waals surface area contributed by atoms with Gasteiger partial charge in [-0.15, -0.1) is 0 Å². The molecule has 0 saturated carbocycles. The first-order valence-electron chi connectivity index (χ1n) is 8.89. The smallest absolute Gasteiger partial charge is 0.259 e. The van der Waals surface area contributed by atoms with Gasteiger partial charge in [0.2, 0.25) is 0 Å². The summed E-state index contributed by atoms with van der Waals surface area (Å²) in [7, 11) is 0. The molecule has 1 fully saturated rings. The first kappa shape index (κ1) is 17.4. The van der Waals surface area contributed by atoms with Crippen LogP contribution in [0.15, 0.2) is 16.9 Å². The lowest BCUT2D eigenvalue weighted by molar-refractivity contribution is 0.0757. The number of nitrogens with zero attached hydrogens (tertiary/aromatic N) is 4. The van der Waals surface area contributed by atoms with Crippen LogP contribution in [0.4, 0.5) is 5.82 Å². The topological polar surface area (TPSA) is 98.1 Å². The average molecular weight is 343 g/mol. The van der Waals surface area contributed by atoms with Crippen molar-refractivity contribution < 1.29 is 9.32 Å². The predicted molar refractivity (Wildman–Crippen MR) is 94.0 cm³/mol. The highest BCUT2D eigenvalue weighted by atomic mass is 16.5. The molecule has 0 aliphatic carbocycles. The molecule has 3 rings (SSSR count). The molecule has 7 nitrogen and oxygen atoms in total. The molecule has 2 aromatic rings. The summed E-state index contributed by atoms with van der Waals surface area (Å²) in [5.41, 5.74) is 7.94. The minimum Gasteiger partial charge on any atom is -0.382 e. The molecule has 1 amide bonds. The van der Waals surface area contributed by atoms with Crippen LogP contribution in [0.2, 0.25) is 0 Å². The van der Waals surface area contributed by atoms with Crippen LogP contribution in [0.3, 0.4) is 0 Å². The van der Waals surface area contributed by atoms with E-state index >= 15 is 0 Å². The van der Waals surface area contributed by atoms with Gasteiger partial charge in [-0.05, 0) is 44.9 Å². The Hall–Kier alpha value is -2.44. The first-order chi connectivity index (χ1) is 12.1. The van der Waals surface area contributed by atoms with Gasteiger partial charge in [-0.2, -0.15) is 0 Å². The van der Waals surface area contributed by atoms with Gasteiger partial charge in [-0.1, -0.05) is 12.1 Å². The minimum atomic E-state index is 0.0449. The summed E-state index contributed by atoms with van der Waals surface area (Å²) >= 11 is 0. The Morgan fingerprint density at radius 3 is 2.88 bits per heavy atom. The van der Waals surface area contributed by atoms with Crippen molar-refractivity contribution in [2.45, 2.75) is 46.0 Å². The molecule has 0 spiro atoms. The zero-order chi connectivity index (χ0) is 17.8. The van der Waals surface area contributed by atoms with E-state index in [1.54, 1.807) is 19.3 Å². The number of rotatable bonds is 4. The third-order valence-electron chi connectivity index (χ3n) is 4.84. The van der Waals surface area contributed by atoms with E-state index in [1.807, 2.05) is 11.8 Å². The summed E-state index contributed by atoms with van der Waals surface area (Å²) in [5, 5.41) is 4.00. The number of aryl methyl sites for hydroxylation is 2. The van der Waals surface area contributed by atoms with Gasteiger partial charge in [0.25, 0.3) is 5.91 Å². The molecule has 3 heterocycles. The summed E-state index contributed by atoms with van der Waals surface area (Å²) < 4.78 is 5.22. The summed E-state index contributed by atoms with van der Waals surface area (Å²) in [6.07, 6.45) is 7.96. The number of nitrogens with two attached hydrogens (primary N) is 1. The van der Waals surface area contributed by atoms with Gasteiger partial charge in [-0.25, -0.2) is 4.98 Å². The maximum atomic E-state index is 12.9. The highest BCUT2D eigenvalue weighted by Crippen LogP contribution is 2.24. The lowest BCUT2D eigenvalue weighted by Gasteiger charge is -2.20. The molecule has 2 aromatic heterocycles. The Morgan fingerprint density at radius 2 is 2.16 bits per heavy atom. The van der Waals surface area contributed by atoms with E-state index in [2.05, 4.69) is 15.1 Å². The zero-order valence-electron chi connectivity index (χ0n) is 14.9. The van der Waals surface area contributed by atoms with Gasteiger partial charge in [0.15, 0.2) is 0 Å². The van der Waals surface area contributed by atoms with Crippen LogP contribution < -0.4 is 5.73 Å². The summed E-state index contributed by atoms with van der Waals surface area (Å²) in [6, 6.07) is 0. The van der Waals surface area contributed by atoms with E-state index in [4.69, 9.17) is 10.3 Å². The summed E-state index contributed by atoms with van der Waals surface area (Å²) in [6.45, 7) is 5.32. The van der Waals surface area contributed by atoms with Crippen molar-refractivity contribution in [3.63, 3.8) is 0 Å². The number of carbonyl (C=O) groups is 1. The fraction of sp³-hybridized carbons (Fsp3) is 0.556. The van der Waals surface area contributed by atoms with Crippen molar-refractivity contribution >= 4 is 11.7 Å². The highest BCUT2D eigenvalue weighted by Gasteiger charge is 2.27. The maximum Gasteiger partial charge on any atom is 0.259 e. The van der Waals surface area contributed by atoms with E-state index < -0.39 is 0 Å². The predicted octanol–water partition coefficient (Wildman–Crippen LogP) is 2.40. The Balaban J connectivity index is 1.64. The molecular formula is C18H25N5O2. The lowest BCUT2D eigenvalue weighted by Crippen LogP contribution is -2.32. The van der Waals surface area contributed by atoms with Crippen LogP contribution in [-0.4, -0.2) is 39.0 Å². The van der Waals surface area contributed by atoms with Gasteiger partial charge in [-0.3, -0.25) is 9.78 Å². The molecule has 1 aliphatic heterocycles. The second kappa shape index (κ2) is 7.63. The highest BCUT2D eigenvalue weighted by molar-refractivity contribution is 5.96. The molecular weight excluding hydrogens is 318 g/mol. The summed E-state index contributed by atoms with van der Waals surface area (Å²) in [4.78, 5) is 23.3. The van der Waals surface area contributed by atoms with Gasteiger partial charge < -0.3 is 15.2 Å². The molecule has 0 aromatic carbocycles. The van der Waals surface area contributed by atoms with Crippen LogP contribution in [0, 0.1) is 12.8 Å². The number of hydrogen-bond donors (Lipinski definition) is 1. The maximum absolute atomic E-state index is 12.9. The number of nitrogen functional groups attached to an aromatic ring is 1. The monoisotopic (exact) mass is 343 g/mol. The molecule has 0 bridgehead atoms. The standard InChI is InChI=1S/C18H25N5O2/c1-3-15-17(12(2)25-22-15)18(24)23-7-4-5-13(6-8-23)9-14-10-21-16(19)11-20-14/h10-11,13H,3-9H2,1-2H3,(H2,19,21)/t13-/m0/s1. The van der Waals surface area contributed by atoms with Crippen LogP contribution in [-0.2, 0) is 12.8 Å². The number of hydrogen-bond acceptors (Lipinski definition) is 6. The van der Waals surface area contributed by atoms with Crippen molar-refractivity contribution in [3.8, 4) is 0 Å². The molecule has 1 saturated heterocycles. The van der Waals surface area contributed by atoms with E-state index in [1.165, 1.54) is 0 Å². The SMILES string of the molecule is CCc1noc(C)c1C(=O)N1CCC[C@H](Cc2cnc(N)cn2)CC1. The van der Waals surface area contributed by atoms with Gasteiger partial charge >= 0.3 is 0 Å². The summed E-state index contributed by atoms with van der Waals surface area (Å²) in [5.74, 6) is 1.60. The van der Waals surface area contributed by atoms with Crippen LogP contribution >= 0.6 is 0 Å². The van der Waals surface area contributed by atoms with Crippen molar-refractivity contribution in [2.75, 3.05) is 18.8 Å². The number of carbonyl (C=O) groups excluding carboxylic acids is 1. The number of likely N-dealkylation sites (tertiary alicyclic amines) is 1. The normalized spacial score (nSPS) is 18.2. The lowest BCUT2D eigenvalue weighted by atomic mass is 9.95.